The second kappa shape index (κ2) is 11.4. The van der Waals surface area contributed by atoms with Gasteiger partial charge in [-0.15, -0.1) is 11.3 Å². The van der Waals surface area contributed by atoms with Crippen LogP contribution in [-0.4, -0.2) is 51.2 Å². The summed E-state index contributed by atoms with van der Waals surface area (Å²) < 4.78 is 43.5. The van der Waals surface area contributed by atoms with Gasteiger partial charge in [-0.2, -0.15) is 18.2 Å². The van der Waals surface area contributed by atoms with E-state index in [1.165, 1.54) is 17.4 Å². The van der Waals surface area contributed by atoms with Gasteiger partial charge in [-0.1, -0.05) is 40.0 Å². The Morgan fingerprint density at radius 3 is 2.56 bits per heavy atom. The van der Waals surface area contributed by atoms with Crippen molar-refractivity contribution in [3.05, 3.63) is 66.9 Å². The van der Waals surface area contributed by atoms with Gasteiger partial charge in [0.25, 0.3) is 5.91 Å². The summed E-state index contributed by atoms with van der Waals surface area (Å²) in [5.74, 6) is -1.80. The number of ether oxygens (including phenoxy) is 1. The van der Waals surface area contributed by atoms with Gasteiger partial charge in [-0.25, -0.2) is 9.97 Å². The zero-order valence-corrected chi connectivity index (χ0v) is 23.0. The number of piperidine rings is 1. The maximum Gasteiger partial charge on any atom is 0.451 e. The zero-order chi connectivity index (χ0) is 27.7. The van der Waals surface area contributed by atoms with Crippen molar-refractivity contribution in [3.63, 3.8) is 0 Å². The van der Waals surface area contributed by atoms with Crippen LogP contribution in [0.2, 0.25) is 15.1 Å². The fourth-order valence-electron chi connectivity index (χ4n) is 4.31. The molecule has 1 fully saturated rings. The average Bonchev–Trinajstić information content (AvgIpc) is 3.57. The van der Waals surface area contributed by atoms with E-state index >= 15 is 0 Å². The number of hydrogen-bond donors (Lipinski definition) is 0. The molecule has 39 heavy (non-hydrogen) atoms. The first-order valence-corrected chi connectivity index (χ1v) is 13.7. The number of benzene rings is 1. The predicted octanol–water partition coefficient (Wildman–Crippen LogP) is 6.56. The number of rotatable bonds is 6. The van der Waals surface area contributed by atoms with Gasteiger partial charge in [0.05, 0.1) is 20.7 Å². The molecule has 4 heterocycles. The number of hydrogen-bond acceptors (Lipinski definition) is 8. The Morgan fingerprint density at radius 2 is 1.87 bits per heavy atom. The molecule has 8 nitrogen and oxygen atoms in total. The van der Waals surface area contributed by atoms with E-state index < -0.39 is 24.7 Å². The van der Waals surface area contributed by atoms with Crippen LogP contribution in [0.3, 0.4) is 0 Å². The second-order valence-electron chi connectivity index (χ2n) is 8.85. The van der Waals surface area contributed by atoms with Crippen LogP contribution in [0.4, 0.5) is 13.2 Å². The van der Waals surface area contributed by atoms with Crippen molar-refractivity contribution in [2.75, 3.05) is 19.7 Å². The van der Waals surface area contributed by atoms with Crippen LogP contribution in [-0.2, 0) is 15.8 Å². The van der Waals surface area contributed by atoms with Crippen LogP contribution in [0.5, 0.6) is 5.88 Å². The van der Waals surface area contributed by atoms with Crippen molar-refractivity contribution in [2.24, 2.45) is 5.16 Å². The monoisotopic (exact) mass is 619 g/mol. The number of carbonyl (C=O) groups excluding carboxylic acids is 1. The topological polar surface area (TPSA) is 89.8 Å². The van der Waals surface area contributed by atoms with E-state index in [9.17, 15) is 18.0 Å². The molecular formula is C24H19Cl3F3N5O3S. The molecule has 1 atom stereocenters. The summed E-state index contributed by atoms with van der Waals surface area (Å²) in [7, 11) is 0. The van der Waals surface area contributed by atoms with E-state index in [2.05, 4.69) is 15.1 Å². The number of halogens is 6. The standard InChI is InChI=1S/C24H19Cl3F3N5O3S/c25-13-7-14(26)21(15(27)8-13)18-9-16(34-38-18)17-11-39-22(32-17)12-2-5-35(6-3-12)20(36)10-37-19-1-4-31-23(33-19)24(28,29)30/h1,4,7-8,11-12,18H,2-3,5-6,9-10H2. The molecule has 3 aromatic rings. The van der Waals surface area contributed by atoms with Gasteiger partial charge in [-0.05, 0) is 25.0 Å². The Morgan fingerprint density at radius 1 is 1.15 bits per heavy atom. The Bertz CT molecular complexity index is 1390. The third kappa shape index (κ3) is 6.40. The van der Waals surface area contributed by atoms with E-state index in [0.717, 1.165) is 11.2 Å². The molecule has 0 aliphatic carbocycles. The van der Waals surface area contributed by atoms with Crippen LogP contribution in [0.25, 0.3) is 0 Å². The molecule has 2 aliphatic heterocycles. The first kappa shape index (κ1) is 27.9. The zero-order valence-electron chi connectivity index (χ0n) is 19.9. The van der Waals surface area contributed by atoms with Gasteiger partial charge in [-0.3, -0.25) is 4.79 Å². The molecule has 0 saturated carbocycles. The van der Waals surface area contributed by atoms with E-state index in [1.807, 2.05) is 5.38 Å². The molecule has 2 aromatic heterocycles. The smallest absolute Gasteiger partial charge is 0.451 e. The van der Waals surface area contributed by atoms with Gasteiger partial charge in [0.15, 0.2) is 12.7 Å². The fourth-order valence-corrected chi connectivity index (χ4v) is 6.37. The lowest BCUT2D eigenvalue weighted by molar-refractivity contribution is -0.145. The number of likely N-dealkylation sites (tertiary alicyclic amines) is 1. The number of thiazole rings is 1. The highest BCUT2D eigenvalue weighted by atomic mass is 35.5. The maximum absolute atomic E-state index is 12.8. The lowest BCUT2D eigenvalue weighted by Crippen LogP contribution is -2.40. The minimum Gasteiger partial charge on any atom is -0.467 e. The first-order chi connectivity index (χ1) is 18.6. The molecule has 1 amide bonds. The molecule has 206 valence electrons. The summed E-state index contributed by atoms with van der Waals surface area (Å²) in [4.78, 5) is 31.0. The number of oxime groups is 1. The van der Waals surface area contributed by atoms with E-state index in [1.54, 1.807) is 17.0 Å². The number of alkyl halides is 3. The van der Waals surface area contributed by atoms with Crippen molar-refractivity contribution in [2.45, 2.75) is 37.5 Å². The minimum absolute atomic E-state index is 0.156. The maximum atomic E-state index is 12.8. The third-order valence-electron chi connectivity index (χ3n) is 6.28. The van der Waals surface area contributed by atoms with E-state index in [0.29, 0.717) is 64.4 Å². The number of carbonyl (C=O) groups is 1. The molecule has 1 unspecified atom stereocenters. The highest BCUT2D eigenvalue weighted by Gasteiger charge is 2.35. The van der Waals surface area contributed by atoms with E-state index in [4.69, 9.17) is 49.4 Å². The fraction of sp³-hybridized carbons (Fsp3) is 0.375. The average molecular weight is 621 g/mol. The Labute approximate surface area is 239 Å². The number of amides is 1. The van der Waals surface area contributed by atoms with Gasteiger partial charge in [0.1, 0.15) is 5.71 Å². The van der Waals surface area contributed by atoms with Gasteiger partial charge in [0, 0.05) is 53.7 Å². The van der Waals surface area contributed by atoms with Gasteiger partial charge < -0.3 is 14.5 Å². The molecule has 1 aromatic carbocycles. The quantitative estimate of drug-likeness (QED) is 0.310. The molecule has 5 rings (SSSR count). The summed E-state index contributed by atoms with van der Waals surface area (Å²) in [6, 6.07) is 4.39. The molecule has 0 radical (unpaired) electrons. The molecular weight excluding hydrogens is 602 g/mol. The van der Waals surface area contributed by atoms with Crippen molar-refractivity contribution in [3.8, 4) is 5.88 Å². The highest BCUT2D eigenvalue weighted by Crippen LogP contribution is 2.40. The molecule has 0 bridgehead atoms. The molecule has 2 aliphatic rings. The summed E-state index contributed by atoms with van der Waals surface area (Å²) in [5.41, 5.74) is 2.03. The molecule has 15 heteroatoms. The molecule has 0 spiro atoms. The van der Waals surface area contributed by atoms with Crippen molar-refractivity contribution in [1.82, 2.24) is 19.9 Å². The second-order valence-corrected chi connectivity index (χ2v) is 11.0. The highest BCUT2D eigenvalue weighted by molar-refractivity contribution is 7.10. The SMILES string of the molecule is O=C(COc1ccnc(C(F)(F)F)n1)N1CCC(c2nc(C3=NOC(c4c(Cl)cc(Cl)cc4Cl)C3)cs2)CC1. The lowest BCUT2D eigenvalue weighted by atomic mass is 9.97. The van der Waals surface area contributed by atoms with E-state index in [-0.39, 0.29) is 17.7 Å². The third-order valence-corrected chi connectivity index (χ3v) is 8.13. The summed E-state index contributed by atoms with van der Waals surface area (Å²) in [6.45, 7) is 0.529. The van der Waals surface area contributed by atoms with Crippen molar-refractivity contribution < 1.29 is 27.5 Å². The predicted molar refractivity (Wildman–Crippen MR) is 140 cm³/mol. The van der Waals surface area contributed by atoms with Gasteiger partial charge >= 0.3 is 6.18 Å². The van der Waals surface area contributed by atoms with Crippen molar-refractivity contribution in [1.29, 1.82) is 0 Å². The minimum atomic E-state index is -4.70. The van der Waals surface area contributed by atoms with Crippen LogP contribution in [0.15, 0.2) is 34.9 Å². The number of aromatic nitrogens is 3. The molecule has 0 N–H and O–H groups in total. The lowest BCUT2D eigenvalue weighted by Gasteiger charge is -2.31. The summed E-state index contributed by atoms with van der Waals surface area (Å²) in [6.07, 6.45) is -2.37. The van der Waals surface area contributed by atoms with Crippen LogP contribution < -0.4 is 4.74 Å². The van der Waals surface area contributed by atoms with Crippen LogP contribution in [0.1, 0.15) is 53.4 Å². The van der Waals surface area contributed by atoms with Crippen molar-refractivity contribution >= 4 is 57.8 Å². The van der Waals surface area contributed by atoms with Crippen LogP contribution >= 0.6 is 46.1 Å². The van der Waals surface area contributed by atoms with Gasteiger partial charge in [0.2, 0.25) is 11.7 Å². The summed E-state index contributed by atoms with van der Waals surface area (Å²) >= 11 is 20.2. The van der Waals surface area contributed by atoms with Crippen LogP contribution in [0, 0.1) is 0 Å². The number of nitrogens with zero attached hydrogens (tertiary/aromatic N) is 5. The summed E-state index contributed by atoms with van der Waals surface area (Å²) in [5, 5.41) is 8.30. The Balaban J connectivity index is 1.13. The first-order valence-electron chi connectivity index (χ1n) is 11.7. The largest absolute Gasteiger partial charge is 0.467 e. The Kier molecular flexibility index (Phi) is 8.18. The normalized spacial score (nSPS) is 18.2. The Hall–Kier alpha value is -2.67. The molecule has 1 saturated heterocycles.